The van der Waals surface area contributed by atoms with Crippen molar-refractivity contribution in [2.75, 3.05) is 13.2 Å². The lowest BCUT2D eigenvalue weighted by atomic mass is 9.98. The van der Waals surface area contributed by atoms with Crippen molar-refractivity contribution in [3.63, 3.8) is 0 Å². The summed E-state index contributed by atoms with van der Waals surface area (Å²) in [5.41, 5.74) is 4.10. The molecule has 34 heavy (non-hydrogen) atoms. The Hall–Kier alpha value is -3.35. The number of hydrogen-bond donors (Lipinski definition) is 3. The second-order valence-corrected chi connectivity index (χ2v) is 9.91. The molecule has 2 amide bonds. The number of aliphatic carboxylic acids is 1. The molecule has 1 unspecified atom stereocenters. The van der Waals surface area contributed by atoms with E-state index in [-0.39, 0.29) is 37.2 Å². The number of carboxylic acids is 1. The lowest BCUT2D eigenvalue weighted by molar-refractivity contribution is -0.138. The van der Waals surface area contributed by atoms with Gasteiger partial charge in [0.25, 0.3) is 0 Å². The van der Waals surface area contributed by atoms with Gasteiger partial charge in [0.15, 0.2) is 0 Å². The molecule has 0 bridgehead atoms. The van der Waals surface area contributed by atoms with E-state index >= 15 is 0 Å². The lowest BCUT2D eigenvalue weighted by Gasteiger charge is -2.20. The normalized spacial score (nSPS) is 18.4. The van der Waals surface area contributed by atoms with E-state index in [1.54, 1.807) is 0 Å². The van der Waals surface area contributed by atoms with Crippen LogP contribution in [0.2, 0.25) is 0 Å². The number of nitrogens with one attached hydrogen (secondary N) is 2. The van der Waals surface area contributed by atoms with Crippen molar-refractivity contribution in [3.8, 4) is 11.1 Å². The fraction of sp³-hybridized carbons (Fsp3) is 0.444. The molecule has 3 N–H and O–H groups in total. The largest absolute Gasteiger partial charge is 0.481 e. The van der Waals surface area contributed by atoms with Crippen LogP contribution < -0.4 is 10.6 Å². The number of carbonyl (C=O) groups excluding carboxylic acids is 2. The predicted molar refractivity (Wildman–Crippen MR) is 126 cm³/mol. The van der Waals surface area contributed by atoms with E-state index in [0.717, 1.165) is 36.8 Å². The van der Waals surface area contributed by atoms with Gasteiger partial charge in [0.2, 0.25) is 5.91 Å². The molecule has 0 aliphatic heterocycles. The number of ether oxygens (including phenoxy) is 1. The number of alkyl carbamates (subject to hydrolysis) is 1. The zero-order valence-electron chi connectivity index (χ0n) is 19.1. The predicted octanol–water partition coefficient (Wildman–Crippen LogP) is 4.06. The summed E-state index contributed by atoms with van der Waals surface area (Å²) >= 11 is 0. The molecule has 178 valence electrons. The van der Waals surface area contributed by atoms with E-state index in [1.165, 1.54) is 11.1 Å². The Morgan fingerprint density at radius 3 is 2.18 bits per heavy atom. The molecule has 0 saturated heterocycles. The second kappa shape index (κ2) is 9.12. The summed E-state index contributed by atoms with van der Waals surface area (Å²) in [6.07, 6.45) is 3.27. The third-order valence-corrected chi connectivity index (χ3v) is 7.35. The Kier molecular flexibility index (Phi) is 6.02. The number of benzene rings is 2. The van der Waals surface area contributed by atoms with Gasteiger partial charge in [-0.2, -0.15) is 0 Å². The number of carboxylic acid groups (broad SMARTS) is 1. The second-order valence-electron chi connectivity index (χ2n) is 9.91. The van der Waals surface area contributed by atoms with E-state index in [4.69, 9.17) is 9.84 Å². The van der Waals surface area contributed by atoms with Crippen LogP contribution in [0.3, 0.4) is 0 Å². The van der Waals surface area contributed by atoms with Crippen molar-refractivity contribution in [1.82, 2.24) is 10.6 Å². The molecular formula is C27H30N2O5. The number of hydrogen-bond acceptors (Lipinski definition) is 4. The summed E-state index contributed by atoms with van der Waals surface area (Å²) in [5, 5.41) is 14.9. The molecule has 2 saturated carbocycles. The first kappa shape index (κ1) is 22.4. The van der Waals surface area contributed by atoms with Crippen LogP contribution in [0.5, 0.6) is 0 Å². The van der Waals surface area contributed by atoms with E-state index in [0.29, 0.717) is 12.5 Å². The highest BCUT2D eigenvalue weighted by Gasteiger charge is 2.46. The van der Waals surface area contributed by atoms with Crippen molar-refractivity contribution in [2.24, 2.45) is 11.8 Å². The summed E-state index contributed by atoms with van der Waals surface area (Å²) in [6, 6.07) is 16.4. The monoisotopic (exact) mass is 462 g/mol. The first-order chi connectivity index (χ1) is 16.4. The Morgan fingerprint density at radius 2 is 1.62 bits per heavy atom. The molecule has 3 aliphatic rings. The van der Waals surface area contributed by atoms with Crippen molar-refractivity contribution in [1.29, 1.82) is 0 Å². The molecule has 0 heterocycles. The molecule has 0 spiro atoms. The van der Waals surface area contributed by atoms with Crippen LogP contribution in [0.4, 0.5) is 4.79 Å². The molecule has 0 aromatic heterocycles. The van der Waals surface area contributed by atoms with Gasteiger partial charge in [-0.25, -0.2) is 4.79 Å². The van der Waals surface area contributed by atoms with Crippen molar-refractivity contribution in [2.45, 2.75) is 50.0 Å². The number of rotatable bonds is 10. The van der Waals surface area contributed by atoms with Crippen LogP contribution >= 0.6 is 0 Å². The number of carbonyl (C=O) groups is 3. The maximum atomic E-state index is 12.6. The molecule has 1 atom stereocenters. The van der Waals surface area contributed by atoms with Gasteiger partial charge in [0.05, 0.1) is 12.0 Å². The lowest BCUT2D eigenvalue weighted by Crippen LogP contribution is -2.42. The Bertz CT molecular complexity index is 1060. The van der Waals surface area contributed by atoms with Gasteiger partial charge < -0.3 is 20.5 Å². The van der Waals surface area contributed by atoms with Gasteiger partial charge in [-0.05, 0) is 59.8 Å². The minimum Gasteiger partial charge on any atom is -0.481 e. The van der Waals surface area contributed by atoms with Crippen molar-refractivity contribution in [3.05, 3.63) is 59.7 Å². The average molecular weight is 463 g/mol. The average Bonchev–Trinajstić information content (AvgIpc) is 3.75. The summed E-state index contributed by atoms with van der Waals surface area (Å²) in [7, 11) is 0. The zero-order chi connectivity index (χ0) is 23.7. The maximum absolute atomic E-state index is 12.6. The van der Waals surface area contributed by atoms with Crippen molar-refractivity contribution < 1.29 is 24.2 Å². The van der Waals surface area contributed by atoms with Gasteiger partial charge in [-0.1, -0.05) is 48.5 Å². The van der Waals surface area contributed by atoms with Crippen molar-refractivity contribution >= 4 is 18.0 Å². The SMILES string of the molecule is O=C(O)CC(CNC(=O)CC1(NC(=O)OCC2c3ccccc3-c3ccccc32)CC1)C1CC1. The van der Waals surface area contributed by atoms with E-state index < -0.39 is 17.6 Å². The fourth-order valence-corrected chi connectivity index (χ4v) is 5.16. The van der Waals surface area contributed by atoms with Gasteiger partial charge in [0.1, 0.15) is 6.61 Å². The highest BCUT2D eigenvalue weighted by Crippen LogP contribution is 2.45. The Labute approximate surface area is 198 Å². The first-order valence-corrected chi connectivity index (χ1v) is 12.1. The van der Waals surface area contributed by atoms with Crippen LogP contribution in [-0.4, -0.2) is 41.8 Å². The molecule has 2 aromatic carbocycles. The smallest absolute Gasteiger partial charge is 0.407 e. The number of amides is 2. The summed E-state index contributed by atoms with van der Waals surface area (Å²) in [5.74, 6) is -0.628. The highest BCUT2D eigenvalue weighted by atomic mass is 16.5. The van der Waals surface area contributed by atoms with Crippen LogP contribution in [0.25, 0.3) is 11.1 Å². The molecule has 5 rings (SSSR count). The summed E-state index contributed by atoms with van der Waals surface area (Å²) in [4.78, 5) is 36.2. The highest BCUT2D eigenvalue weighted by molar-refractivity contribution is 5.80. The van der Waals surface area contributed by atoms with E-state index in [9.17, 15) is 14.4 Å². The molecule has 2 aromatic rings. The quantitative estimate of drug-likeness (QED) is 0.494. The number of fused-ring (bicyclic) bond motifs is 3. The van der Waals surface area contributed by atoms with Crippen LogP contribution in [0.1, 0.15) is 55.6 Å². The van der Waals surface area contributed by atoms with Gasteiger partial charge in [0, 0.05) is 18.9 Å². The summed E-state index contributed by atoms with van der Waals surface area (Å²) < 4.78 is 5.63. The minimum atomic E-state index is -0.832. The first-order valence-electron chi connectivity index (χ1n) is 12.1. The third-order valence-electron chi connectivity index (χ3n) is 7.35. The van der Waals surface area contributed by atoms with Gasteiger partial charge in [-0.15, -0.1) is 0 Å². The standard InChI is InChI=1S/C27H30N2O5/c30-24(28-15-18(13-25(31)32)17-9-10-17)14-27(11-12-27)29-26(33)34-16-23-21-7-3-1-5-19(21)20-6-2-4-8-22(20)23/h1-8,17-18,23H,9-16H2,(H,28,30)(H,29,33)(H,31,32). The van der Waals surface area contributed by atoms with Crippen LogP contribution in [0, 0.1) is 11.8 Å². The van der Waals surface area contributed by atoms with Crippen LogP contribution in [-0.2, 0) is 14.3 Å². The molecule has 3 aliphatic carbocycles. The summed E-state index contributed by atoms with van der Waals surface area (Å²) in [6.45, 7) is 0.608. The molecular weight excluding hydrogens is 432 g/mol. The van der Waals surface area contributed by atoms with E-state index in [2.05, 4.69) is 34.9 Å². The maximum Gasteiger partial charge on any atom is 0.407 e. The van der Waals surface area contributed by atoms with E-state index in [1.807, 2.05) is 24.3 Å². The molecule has 2 fully saturated rings. The topological polar surface area (TPSA) is 105 Å². The zero-order valence-corrected chi connectivity index (χ0v) is 19.1. The minimum absolute atomic E-state index is 0.00908. The Morgan fingerprint density at radius 1 is 1.00 bits per heavy atom. The fourth-order valence-electron chi connectivity index (χ4n) is 5.16. The third kappa shape index (κ3) is 4.93. The van der Waals surface area contributed by atoms with Gasteiger partial charge in [-0.3, -0.25) is 9.59 Å². The molecule has 7 nitrogen and oxygen atoms in total. The van der Waals surface area contributed by atoms with Crippen LogP contribution in [0.15, 0.2) is 48.5 Å². The molecule has 7 heteroatoms. The van der Waals surface area contributed by atoms with Gasteiger partial charge >= 0.3 is 12.1 Å². The molecule has 0 radical (unpaired) electrons. The Balaban J connectivity index is 1.13.